The molecule has 3 nitrogen and oxygen atoms in total. The average Bonchev–Trinajstić information content (AvgIpc) is 2.69. The third-order valence-corrected chi connectivity index (χ3v) is 3.88. The minimum absolute atomic E-state index is 0.428. The van der Waals surface area contributed by atoms with E-state index in [1.807, 2.05) is 24.3 Å². The van der Waals surface area contributed by atoms with E-state index in [1.54, 1.807) is 7.11 Å². The molecule has 0 saturated heterocycles. The van der Waals surface area contributed by atoms with Crippen molar-refractivity contribution < 1.29 is 4.74 Å². The number of benzene rings is 1. The van der Waals surface area contributed by atoms with Gasteiger partial charge >= 0.3 is 0 Å². The molecule has 1 aliphatic rings. The van der Waals surface area contributed by atoms with Gasteiger partial charge in [0.05, 0.1) is 12.8 Å². The number of thiocarbonyl (C=S) groups is 1. The van der Waals surface area contributed by atoms with Crippen molar-refractivity contribution in [1.82, 2.24) is 5.32 Å². The van der Waals surface area contributed by atoms with E-state index < -0.39 is 0 Å². The Bertz CT molecular complexity index is 459. The molecule has 19 heavy (non-hydrogen) atoms. The average molecular weight is 278 g/mol. The lowest BCUT2D eigenvalue weighted by Gasteiger charge is -2.20. The van der Waals surface area contributed by atoms with Gasteiger partial charge in [0.25, 0.3) is 0 Å². The van der Waals surface area contributed by atoms with Crippen molar-refractivity contribution in [3.8, 4) is 5.75 Å². The quantitative estimate of drug-likeness (QED) is 0.828. The SMILES string of the molecule is COc1ccccc1NC(=S)NC1CCC(C)(C)C1. The monoisotopic (exact) mass is 278 g/mol. The zero-order chi connectivity index (χ0) is 13.9. The van der Waals surface area contributed by atoms with Gasteiger partial charge < -0.3 is 15.4 Å². The fourth-order valence-electron chi connectivity index (χ4n) is 2.65. The predicted octanol–water partition coefficient (Wildman–Crippen LogP) is 3.56. The fourth-order valence-corrected chi connectivity index (χ4v) is 2.93. The number of rotatable bonds is 3. The summed E-state index contributed by atoms with van der Waals surface area (Å²) >= 11 is 5.38. The van der Waals surface area contributed by atoms with Gasteiger partial charge in [-0.2, -0.15) is 0 Å². The van der Waals surface area contributed by atoms with Gasteiger partial charge in [-0.1, -0.05) is 26.0 Å². The Morgan fingerprint density at radius 1 is 1.37 bits per heavy atom. The highest BCUT2D eigenvalue weighted by molar-refractivity contribution is 7.80. The molecular formula is C15H22N2OS. The van der Waals surface area contributed by atoms with Gasteiger partial charge in [0.1, 0.15) is 5.75 Å². The summed E-state index contributed by atoms with van der Waals surface area (Å²) in [7, 11) is 1.66. The summed E-state index contributed by atoms with van der Waals surface area (Å²) in [6.07, 6.45) is 3.60. The first-order valence-corrected chi connectivity index (χ1v) is 7.11. The van der Waals surface area contributed by atoms with Crippen molar-refractivity contribution >= 4 is 23.0 Å². The Morgan fingerprint density at radius 2 is 2.11 bits per heavy atom. The number of hydrogen-bond acceptors (Lipinski definition) is 2. The molecule has 104 valence electrons. The van der Waals surface area contributed by atoms with Crippen LogP contribution in [-0.4, -0.2) is 18.3 Å². The highest BCUT2D eigenvalue weighted by Crippen LogP contribution is 2.36. The van der Waals surface area contributed by atoms with Gasteiger partial charge in [-0.3, -0.25) is 0 Å². The standard InChI is InChI=1S/C15H22N2OS/c1-15(2)9-8-11(10-15)16-14(19)17-12-6-4-5-7-13(12)18-3/h4-7,11H,8-10H2,1-3H3,(H2,16,17,19). The third kappa shape index (κ3) is 3.83. The molecule has 1 saturated carbocycles. The van der Waals surface area contributed by atoms with Crippen LogP contribution in [0.4, 0.5) is 5.69 Å². The molecule has 0 radical (unpaired) electrons. The first kappa shape index (κ1) is 14.1. The van der Waals surface area contributed by atoms with Crippen molar-refractivity contribution in [3.05, 3.63) is 24.3 Å². The van der Waals surface area contributed by atoms with Crippen molar-refractivity contribution in [2.45, 2.75) is 39.2 Å². The molecule has 1 aliphatic carbocycles. The lowest BCUT2D eigenvalue weighted by molar-refractivity contribution is 0.372. The molecular weight excluding hydrogens is 256 g/mol. The molecule has 2 N–H and O–H groups in total. The van der Waals surface area contributed by atoms with Gasteiger partial charge in [0.15, 0.2) is 5.11 Å². The summed E-state index contributed by atoms with van der Waals surface area (Å²) in [4.78, 5) is 0. The molecule has 1 aromatic rings. The highest BCUT2D eigenvalue weighted by atomic mass is 32.1. The Labute approximate surface area is 120 Å². The molecule has 0 spiro atoms. The number of nitrogens with one attached hydrogen (secondary N) is 2. The summed E-state index contributed by atoms with van der Waals surface area (Å²) in [5, 5.41) is 7.28. The molecule has 1 unspecified atom stereocenters. The van der Waals surface area contributed by atoms with E-state index in [2.05, 4.69) is 24.5 Å². The maximum absolute atomic E-state index is 5.38. The van der Waals surface area contributed by atoms with Crippen LogP contribution in [-0.2, 0) is 0 Å². The van der Waals surface area contributed by atoms with E-state index in [-0.39, 0.29) is 0 Å². The number of methoxy groups -OCH3 is 1. The Balaban J connectivity index is 1.91. The second kappa shape index (κ2) is 5.78. The van der Waals surface area contributed by atoms with Gasteiger partial charge in [-0.15, -0.1) is 0 Å². The Kier molecular flexibility index (Phi) is 4.30. The third-order valence-electron chi connectivity index (χ3n) is 3.66. The minimum atomic E-state index is 0.428. The van der Waals surface area contributed by atoms with Crippen LogP contribution in [0.25, 0.3) is 0 Å². The molecule has 1 fully saturated rings. The van der Waals surface area contributed by atoms with Gasteiger partial charge in [-0.05, 0) is 49.0 Å². The summed E-state index contributed by atoms with van der Waals surface area (Å²) < 4.78 is 5.30. The van der Waals surface area contributed by atoms with E-state index in [9.17, 15) is 0 Å². The van der Waals surface area contributed by atoms with E-state index in [4.69, 9.17) is 17.0 Å². The van der Waals surface area contributed by atoms with Crippen LogP contribution in [0.3, 0.4) is 0 Å². The Morgan fingerprint density at radius 3 is 2.74 bits per heavy atom. The second-order valence-electron chi connectivity index (χ2n) is 5.90. The van der Waals surface area contributed by atoms with Crippen LogP contribution >= 0.6 is 12.2 Å². The van der Waals surface area contributed by atoms with Crippen LogP contribution in [0.15, 0.2) is 24.3 Å². The molecule has 0 amide bonds. The van der Waals surface area contributed by atoms with Crippen LogP contribution in [0, 0.1) is 5.41 Å². The minimum Gasteiger partial charge on any atom is -0.495 e. The van der Waals surface area contributed by atoms with Crippen LogP contribution in [0.1, 0.15) is 33.1 Å². The van der Waals surface area contributed by atoms with Crippen LogP contribution in [0.5, 0.6) is 5.75 Å². The van der Waals surface area contributed by atoms with Crippen molar-refractivity contribution in [3.63, 3.8) is 0 Å². The lowest BCUT2D eigenvalue weighted by Crippen LogP contribution is -2.36. The summed E-state index contributed by atoms with van der Waals surface area (Å²) in [5.41, 5.74) is 1.33. The van der Waals surface area contributed by atoms with Crippen molar-refractivity contribution in [2.75, 3.05) is 12.4 Å². The van der Waals surface area contributed by atoms with Crippen molar-refractivity contribution in [1.29, 1.82) is 0 Å². The molecule has 1 aromatic carbocycles. The zero-order valence-corrected chi connectivity index (χ0v) is 12.6. The summed E-state index contributed by atoms with van der Waals surface area (Å²) in [5.74, 6) is 0.804. The normalized spacial score (nSPS) is 20.9. The maximum atomic E-state index is 5.38. The van der Waals surface area contributed by atoms with Gasteiger partial charge in [0, 0.05) is 6.04 Å². The number of ether oxygens (including phenoxy) is 1. The molecule has 2 rings (SSSR count). The Hall–Kier alpha value is -1.29. The summed E-state index contributed by atoms with van der Waals surface area (Å²) in [6, 6.07) is 8.27. The number of anilines is 1. The zero-order valence-electron chi connectivity index (χ0n) is 11.8. The molecule has 0 bridgehead atoms. The first-order valence-electron chi connectivity index (χ1n) is 6.71. The van der Waals surface area contributed by atoms with Crippen molar-refractivity contribution in [2.24, 2.45) is 5.41 Å². The second-order valence-corrected chi connectivity index (χ2v) is 6.31. The van der Waals surface area contributed by atoms with E-state index in [0.29, 0.717) is 16.6 Å². The first-order chi connectivity index (χ1) is 9.00. The maximum Gasteiger partial charge on any atom is 0.171 e. The van der Waals surface area contributed by atoms with E-state index >= 15 is 0 Å². The largest absolute Gasteiger partial charge is 0.495 e. The smallest absolute Gasteiger partial charge is 0.171 e. The molecule has 0 aromatic heterocycles. The molecule has 4 heteroatoms. The van der Waals surface area contributed by atoms with Gasteiger partial charge in [0.2, 0.25) is 0 Å². The van der Waals surface area contributed by atoms with Gasteiger partial charge in [-0.25, -0.2) is 0 Å². The molecule has 0 aliphatic heterocycles. The highest BCUT2D eigenvalue weighted by Gasteiger charge is 2.31. The number of para-hydroxylation sites is 2. The fraction of sp³-hybridized carbons (Fsp3) is 0.533. The predicted molar refractivity (Wildman–Crippen MR) is 83.8 cm³/mol. The van der Waals surface area contributed by atoms with Crippen LogP contribution in [0.2, 0.25) is 0 Å². The van der Waals surface area contributed by atoms with Crippen LogP contribution < -0.4 is 15.4 Å². The molecule has 0 heterocycles. The molecule has 1 atom stereocenters. The topological polar surface area (TPSA) is 33.3 Å². The lowest BCUT2D eigenvalue weighted by atomic mass is 9.92. The van der Waals surface area contributed by atoms with E-state index in [1.165, 1.54) is 19.3 Å². The summed E-state index contributed by atoms with van der Waals surface area (Å²) in [6.45, 7) is 4.62. The number of hydrogen-bond donors (Lipinski definition) is 2. The van der Waals surface area contributed by atoms with E-state index in [0.717, 1.165) is 11.4 Å².